The maximum Gasteiger partial charge on any atom is 0.323 e. The second kappa shape index (κ2) is 6.14. The van der Waals surface area contributed by atoms with Crippen LogP contribution in [0.2, 0.25) is 5.15 Å². The van der Waals surface area contributed by atoms with Crippen LogP contribution >= 0.6 is 11.6 Å². The first-order valence-corrected chi connectivity index (χ1v) is 5.61. The Labute approximate surface area is 114 Å². The number of pyridine rings is 1. The third-order valence-corrected chi connectivity index (χ3v) is 2.32. The van der Waals surface area contributed by atoms with Crippen LogP contribution in [0.5, 0.6) is 0 Å². The molecule has 1 aromatic heterocycles. The van der Waals surface area contributed by atoms with Crippen LogP contribution in [0, 0.1) is 6.92 Å². The SMILES string of the molecule is Cc1cc(C(=O)N(CC(N)=O)CC(=O)O)cc(Cl)n1. The molecule has 19 heavy (non-hydrogen) atoms. The van der Waals surface area contributed by atoms with E-state index in [4.69, 9.17) is 22.4 Å². The Morgan fingerprint density at radius 1 is 1.37 bits per heavy atom. The van der Waals surface area contributed by atoms with Gasteiger partial charge in [-0.3, -0.25) is 14.4 Å². The van der Waals surface area contributed by atoms with Gasteiger partial charge in [0.15, 0.2) is 0 Å². The summed E-state index contributed by atoms with van der Waals surface area (Å²) in [5, 5.41) is 8.83. The molecule has 0 radical (unpaired) electrons. The van der Waals surface area contributed by atoms with Crippen molar-refractivity contribution >= 4 is 29.4 Å². The van der Waals surface area contributed by atoms with Crippen LogP contribution in [0.4, 0.5) is 0 Å². The lowest BCUT2D eigenvalue weighted by Gasteiger charge is -2.19. The van der Waals surface area contributed by atoms with Gasteiger partial charge in [0.05, 0.1) is 0 Å². The van der Waals surface area contributed by atoms with E-state index in [0.29, 0.717) is 5.69 Å². The molecular weight excluding hydrogens is 274 g/mol. The quantitative estimate of drug-likeness (QED) is 0.742. The Hall–Kier alpha value is -2.15. The highest BCUT2D eigenvalue weighted by atomic mass is 35.5. The summed E-state index contributed by atoms with van der Waals surface area (Å²) in [6.07, 6.45) is 0. The average molecular weight is 286 g/mol. The summed E-state index contributed by atoms with van der Waals surface area (Å²) in [5.74, 6) is -2.69. The molecule has 0 aliphatic rings. The number of halogens is 1. The highest BCUT2D eigenvalue weighted by molar-refractivity contribution is 6.29. The summed E-state index contributed by atoms with van der Waals surface area (Å²) in [6.45, 7) is 0.531. The van der Waals surface area contributed by atoms with Crippen molar-refractivity contribution in [1.82, 2.24) is 9.88 Å². The smallest absolute Gasteiger partial charge is 0.323 e. The summed E-state index contributed by atoms with van der Waals surface area (Å²) in [4.78, 5) is 38.3. The number of aliphatic carboxylic acids is 1. The number of aryl methyl sites for hydroxylation is 1. The molecule has 1 rings (SSSR count). The first kappa shape index (κ1) is 14.9. The van der Waals surface area contributed by atoms with E-state index in [-0.39, 0.29) is 10.7 Å². The minimum Gasteiger partial charge on any atom is -0.480 e. The van der Waals surface area contributed by atoms with Crippen molar-refractivity contribution in [2.75, 3.05) is 13.1 Å². The molecule has 2 amide bonds. The van der Waals surface area contributed by atoms with Crippen LogP contribution in [0.3, 0.4) is 0 Å². The normalized spacial score (nSPS) is 10.0. The molecule has 0 aliphatic carbocycles. The lowest BCUT2D eigenvalue weighted by Crippen LogP contribution is -2.41. The standard InChI is InChI=1S/C11H12ClN3O4/c1-6-2-7(3-8(12)14-6)11(19)15(4-9(13)16)5-10(17)18/h2-3H,4-5H2,1H3,(H2,13,16)(H,17,18). The molecule has 3 N–H and O–H groups in total. The number of hydrogen-bond donors (Lipinski definition) is 2. The Morgan fingerprint density at radius 3 is 2.47 bits per heavy atom. The fourth-order valence-electron chi connectivity index (χ4n) is 1.48. The highest BCUT2D eigenvalue weighted by Crippen LogP contribution is 2.12. The molecule has 0 saturated carbocycles. The molecule has 0 saturated heterocycles. The van der Waals surface area contributed by atoms with Crippen LogP contribution < -0.4 is 5.73 Å². The molecule has 0 spiro atoms. The number of carboxylic acids is 1. The van der Waals surface area contributed by atoms with E-state index in [1.807, 2.05) is 0 Å². The summed E-state index contributed by atoms with van der Waals surface area (Å²) in [5.41, 5.74) is 5.64. The first-order valence-electron chi connectivity index (χ1n) is 5.23. The molecule has 0 fully saturated rings. The molecule has 1 heterocycles. The topological polar surface area (TPSA) is 114 Å². The van der Waals surface area contributed by atoms with Crippen molar-refractivity contribution in [3.63, 3.8) is 0 Å². The second-order valence-electron chi connectivity index (χ2n) is 3.84. The van der Waals surface area contributed by atoms with Crippen LogP contribution in [0.15, 0.2) is 12.1 Å². The van der Waals surface area contributed by atoms with Gasteiger partial charge < -0.3 is 15.7 Å². The van der Waals surface area contributed by atoms with Crippen LogP contribution in [-0.2, 0) is 9.59 Å². The predicted molar refractivity (Wildman–Crippen MR) is 66.7 cm³/mol. The molecule has 8 heteroatoms. The summed E-state index contributed by atoms with van der Waals surface area (Å²) >= 11 is 5.72. The first-order chi connectivity index (χ1) is 8.79. The number of carboxylic acid groups (broad SMARTS) is 1. The Kier molecular flexibility index (Phi) is 4.82. The zero-order valence-corrected chi connectivity index (χ0v) is 10.8. The van der Waals surface area contributed by atoms with Gasteiger partial charge >= 0.3 is 5.97 Å². The number of carbonyl (C=O) groups is 3. The number of hydrogen-bond acceptors (Lipinski definition) is 4. The van der Waals surface area contributed by atoms with Gasteiger partial charge in [-0.25, -0.2) is 4.98 Å². The van der Waals surface area contributed by atoms with Gasteiger partial charge in [-0.15, -0.1) is 0 Å². The van der Waals surface area contributed by atoms with Crippen LogP contribution in [-0.4, -0.2) is 45.9 Å². The largest absolute Gasteiger partial charge is 0.480 e. The monoisotopic (exact) mass is 285 g/mol. The van der Waals surface area contributed by atoms with E-state index >= 15 is 0 Å². The van der Waals surface area contributed by atoms with E-state index in [2.05, 4.69) is 4.98 Å². The van der Waals surface area contributed by atoms with E-state index in [1.165, 1.54) is 12.1 Å². The number of aromatic nitrogens is 1. The fourth-order valence-corrected chi connectivity index (χ4v) is 1.74. The average Bonchev–Trinajstić information content (AvgIpc) is 2.24. The molecular formula is C11H12ClN3O4. The minimum absolute atomic E-state index is 0.109. The van der Waals surface area contributed by atoms with Crippen LogP contribution in [0.1, 0.15) is 16.1 Å². The zero-order chi connectivity index (χ0) is 14.6. The molecule has 0 bridgehead atoms. The molecule has 7 nitrogen and oxygen atoms in total. The number of rotatable bonds is 5. The molecule has 0 atom stereocenters. The molecule has 0 unspecified atom stereocenters. The number of primary amides is 1. The minimum atomic E-state index is -1.24. The Morgan fingerprint density at radius 2 is 2.00 bits per heavy atom. The Balaban J connectivity index is 3.03. The van der Waals surface area contributed by atoms with Gasteiger partial charge in [-0.1, -0.05) is 11.6 Å². The van der Waals surface area contributed by atoms with Crippen molar-refractivity contribution in [1.29, 1.82) is 0 Å². The Bertz CT molecular complexity index is 496. The lowest BCUT2D eigenvalue weighted by atomic mass is 10.2. The number of nitrogens with two attached hydrogens (primary N) is 1. The van der Waals surface area contributed by atoms with E-state index in [1.54, 1.807) is 6.92 Å². The molecule has 0 aliphatic heterocycles. The fraction of sp³-hybridized carbons (Fsp3) is 0.273. The van der Waals surface area contributed by atoms with Gasteiger partial charge in [0.25, 0.3) is 5.91 Å². The lowest BCUT2D eigenvalue weighted by molar-refractivity contribution is -0.138. The van der Waals surface area contributed by atoms with E-state index < -0.39 is 30.9 Å². The van der Waals surface area contributed by atoms with Crippen molar-refractivity contribution in [2.24, 2.45) is 5.73 Å². The van der Waals surface area contributed by atoms with Crippen LogP contribution in [0.25, 0.3) is 0 Å². The predicted octanol–water partition coefficient (Wildman–Crippen LogP) is 0.0555. The van der Waals surface area contributed by atoms with Crippen molar-refractivity contribution in [3.05, 3.63) is 28.5 Å². The van der Waals surface area contributed by atoms with E-state index in [9.17, 15) is 14.4 Å². The van der Waals surface area contributed by atoms with Gasteiger partial charge in [0.2, 0.25) is 5.91 Å². The number of nitrogens with zero attached hydrogens (tertiary/aromatic N) is 2. The molecule has 102 valence electrons. The van der Waals surface area contributed by atoms with E-state index in [0.717, 1.165) is 4.90 Å². The zero-order valence-electron chi connectivity index (χ0n) is 10.1. The van der Waals surface area contributed by atoms with Crippen molar-refractivity contribution in [3.8, 4) is 0 Å². The summed E-state index contributed by atoms with van der Waals surface area (Å²) in [6, 6.07) is 2.75. The number of amides is 2. The van der Waals surface area contributed by atoms with Gasteiger partial charge in [-0.05, 0) is 19.1 Å². The maximum absolute atomic E-state index is 12.1. The van der Waals surface area contributed by atoms with Crippen molar-refractivity contribution < 1.29 is 19.5 Å². The maximum atomic E-state index is 12.1. The van der Waals surface area contributed by atoms with Gasteiger partial charge in [0.1, 0.15) is 18.2 Å². The third kappa shape index (κ3) is 4.55. The van der Waals surface area contributed by atoms with Gasteiger partial charge in [-0.2, -0.15) is 0 Å². The molecule has 1 aromatic rings. The second-order valence-corrected chi connectivity index (χ2v) is 4.23. The highest BCUT2D eigenvalue weighted by Gasteiger charge is 2.21. The van der Waals surface area contributed by atoms with Gasteiger partial charge in [0, 0.05) is 11.3 Å². The third-order valence-electron chi connectivity index (χ3n) is 2.13. The summed E-state index contributed by atoms with van der Waals surface area (Å²) in [7, 11) is 0. The number of carbonyl (C=O) groups excluding carboxylic acids is 2. The summed E-state index contributed by atoms with van der Waals surface area (Å²) < 4.78 is 0. The molecule has 0 aromatic carbocycles. The van der Waals surface area contributed by atoms with Crippen molar-refractivity contribution in [2.45, 2.75) is 6.92 Å².